The standard InChI is InChI=1S/C26H34N4O4S2/c1-6-20-7-9-22(10-8-20)30(18-19(2)3)36(32,33)23-11-12-24(25(16-23)35(5,27)31)29-17-21-13-14-28-26(15-21)34-4/h7-16,19,27,29H,6,17-18H2,1-5H3. The van der Waals surface area contributed by atoms with E-state index in [9.17, 15) is 12.6 Å². The van der Waals surface area contributed by atoms with Gasteiger partial charge in [0.15, 0.2) is 0 Å². The quantitative estimate of drug-likeness (QED) is 0.354. The van der Waals surface area contributed by atoms with Crippen LogP contribution >= 0.6 is 0 Å². The summed E-state index contributed by atoms with van der Waals surface area (Å²) < 4.78 is 55.2. The molecular weight excluding hydrogens is 496 g/mol. The number of nitrogens with zero attached hydrogens (tertiary/aromatic N) is 2. The zero-order valence-electron chi connectivity index (χ0n) is 21.3. The smallest absolute Gasteiger partial charge is 0.264 e. The fraction of sp³-hybridized carbons (Fsp3) is 0.346. The fourth-order valence-electron chi connectivity index (χ4n) is 3.70. The minimum absolute atomic E-state index is 0.00401. The molecule has 1 aromatic heterocycles. The van der Waals surface area contributed by atoms with E-state index in [-0.39, 0.29) is 22.3 Å². The number of aromatic nitrogens is 1. The third-order valence-corrected chi connectivity index (χ3v) is 8.58. The van der Waals surface area contributed by atoms with Gasteiger partial charge in [-0.2, -0.15) is 0 Å². The van der Waals surface area contributed by atoms with Crippen LogP contribution in [0.15, 0.2) is 70.6 Å². The Kier molecular flexibility index (Phi) is 8.63. The maximum atomic E-state index is 13.8. The lowest BCUT2D eigenvalue weighted by Gasteiger charge is -2.27. The van der Waals surface area contributed by atoms with Gasteiger partial charge in [-0.3, -0.25) is 4.31 Å². The number of ether oxygens (including phenoxy) is 1. The summed E-state index contributed by atoms with van der Waals surface area (Å²) in [7, 11) is -5.68. The molecule has 0 amide bonds. The van der Waals surface area contributed by atoms with Gasteiger partial charge in [-0.05, 0) is 59.9 Å². The number of anilines is 2. The molecule has 2 N–H and O–H groups in total. The van der Waals surface area contributed by atoms with Crippen LogP contribution < -0.4 is 14.4 Å². The molecule has 0 fully saturated rings. The SMILES string of the molecule is CCc1ccc(N(CC(C)C)S(=O)(=O)c2ccc(NCc3ccnc(OC)c3)c(S(C)(=N)=O)c2)cc1. The molecule has 0 aliphatic carbocycles. The monoisotopic (exact) mass is 530 g/mol. The highest BCUT2D eigenvalue weighted by molar-refractivity contribution is 7.93. The fourth-order valence-corrected chi connectivity index (χ4v) is 6.34. The van der Waals surface area contributed by atoms with E-state index in [0.717, 1.165) is 17.5 Å². The molecule has 0 saturated carbocycles. The number of hydrogen-bond acceptors (Lipinski definition) is 7. The second-order valence-corrected chi connectivity index (χ2v) is 13.0. The van der Waals surface area contributed by atoms with Crippen molar-refractivity contribution in [1.82, 2.24) is 4.98 Å². The zero-order chi connectivity index (χ0) is 26.5. The van der Waals surface area contributed by atoms with Gasteiger partial charge in [0.1, 0.15) is 0 Å². The number of hydrogen-bond donors (Lipinski definition) is 2. The van der Waals surface area contributed by atoms with E-state index < -0.39 is 19.8 Å². The van der Waals surface area contributed by atoms with Crippen LogP contribution in [0.1, 0.15) is 31.9 Å². The topological polar surface area (TPSA) is 112 Å². The van der Waals surface area contributed by atoms with Crippen molar-refractivity contribution in [1.29, 1.82) is 4.78 Å². The molecule has 1 heterocycles. The molecule has 194 valence electrons. The number of rotatable bonds is 11. The van der Waals surface area contributed by atoms with Gasteiger partial charge in [0.25, 0.3) is 10.0 Å². The lowest BCUT2D eigenvalue weighted by atomic mass is 10.1. The third-order valence-electron chi connectivity index (χ3n) is 5.62. The Morgan fingerprint density at radius 1 is 1.03 bits per heavy atom. The minimum Gasteiger partial charge on any atom is -0.481 e. The van der Waals surface area contributed by atoms with Crippen LogP contribution in [0.2, 0.25) is 0 Å². The summed E-state index contributed by atoms with van der Waals surface area (Å²) in [6, 6.07) is 15.5. The van der Waals surface area contributed by atoms with Gasteiger partial charge in [0.05, 0.1) is 38.0 Å². The Morgan fingerprint density at radius 2 is 1.72 bits per heavy atom. The van der Waals surface area contributed by atoms with Gasteiger partial charge in [-0.1, -0.05) is 32.9 Å². The molecule has 1 atom stereocenters. The number of aryl methyl sites for hydroxylation is 1. The molecule has 0 spiro atoms. The molecule has 10 heteroatoms. The number of pyridine rings is 1. The molecular formula is C26H34N4O4S2. The second kappa shape index (κ2) is 11.3. The molecule has 36 heavy (non-hydrogen) atoms. The molecule has 3 rings (SSSR count). The number of methoxy groups -OCH3 is 1. The van der Waals surface area contributed by atoms with Gasteiger partial charge in [-0.15, -0.1) is 0 Å². The van der Waals surface area contributed by atoms with Gasteiger partial charge >= 0.3 is 0 Å². The lowest BCUT2D eigenvalue weighted by molar-refractivity contribution is 0.397. The van der Waals surface area contributed by atoms with Crippen LogP contribution in [0.5, 0.6) is 5.88 Å². The molecule has 0 aliphatic heterocycles. The van der Waals surface area contributed by atoms with E-state index >= 15 is 0 Å². The average molecular weight is 531 g/mol. The van der Waals surface area contributed by atoms with E-state index in [0.29, 0.717) is 23.8 Å². The molecule has 8 nitrogen and oxygen atoms in total. The molecule has 0 bridgehead atoms. The first-order valence-corrected chi connectivity index (χ1v) is 15.1. The third kappa shape index (κ3) is 6.55. The van der Waals surface area contributed by atoms with Crippen molar-refractivity contribution < 1.29 is 17.4 Å². The average Bonchev–Trinajstić information content (AvgIpc) is 2.85. The molecule has 1 unspecified atom stereocenters. The lowest BCUT2D eigenvalue weighted by Crippen LogP contribution is -2.34. The molecule has 0 saturated heterocycles. The van der Waals surface area contributed by atoms with Crippen molar-refractivity contribution in [2.45, 2.75) is 43.5 Å². The highest BCUT2D eigenvalue weighted by Gasteiger charge is 2.27. The van der Waals surface area contributed by atoms with Gasteiger partial charge < -0.3 is 10.1 Å². The number of sulfonamides is 1. The number of benzene rings is 2. The molecule has 0 radical (unpaired) electrons. The first-order chi connectivity index (χ1) is 17.0. The van der Waals surface area contributed by atoms with Crippen molar-refractivity contribution in [2.24, 2.45) is 5.92 Å². The maximum Gasteiger partial charge on any atom is 0.264 e. The van der Waals surface area contributed by atoms with Crippen molar-refractivity contribution >= 4 is 31.1 Å². The minimum atomic E-state index is -3.97. The summed E-state index contributed by atoms with van der Waals surface area (Å²) >= 11 is 0. The van der Waals surface area contributed by atoms with Crippen molar-refractivity contribution in [2.75, 3.05) is 29.5 Å². The Labute approximate surface area is 214 Å². The molecule has 3 aromatic rings. The first kappa shape index (κ1) is 27.5. The summed E-state index contributed by atoms with van der Waals surface area (Å²) in [5.74, 6) is 0.544. The first-order valence-electron chi connectivity index (χ1n) is 11.7. The Bertz CT molecular complexity index is 1400. The van der Waals surface area contributed by atoms with E-state index in [1.54, 1.807) is 18.3 Å². The molecule has 0 aliphatic rings. The van der Waals surface area contributed by atoms with Gasteiger partial charge in [0.2, 0.25) is 5.88 Å². The van der Waals surface area contributed by atoms with Crippen LogP contribution in [0.3, 0.4) is 0 Å². The predicted molar refractivity (Wildman–Crippen MR) is 145 cm³/mol. The second-order valence-electron chi connectivity index (χ2n) is 9.01. The number of nitrogens with one attached hydrogen (secondary N) is 2. The van der Waals surface area contributed by atoms with Crippen molar-refractivity contribution in [3.8, 4) is 5.88 Å². The summed E-state index contributed by atoms with van der Waals surface area (Å²) in [6.45, 7) is 6.60. The predicted octanol–water partition coefficient (Wildman–Crippen LogP) is 5.15. The van der Waals surface area contributed by atoms with Gasteiger partial charge in [0, 0.05) is 31.6 Å². The van der Waals surface area contributed by atoms with Crippen molar-refractivity contribution in [3.05, 3.63) is 71.9 Å². The zero-order valence-corrected chi connectivity index (χ0v) is 22.9. The Balaban J connectivity index is 2.00. The maximum absolute atomic E-state index is 13.8. The summed E-state index contributed by atoms with van der Waals surface area (Å²) in [4.78, 5) is 4.21. The van der Waals surface area contributed by atoms with Crippen LogP contribution in [0.25, 0.3) is 0 Å². The van der Waals surface area contributed by atoms with Crippen LogP contribution in [-0.4, -0.2) is 37.5 Å². The Hall–Kier alpha value is -3.11. The van der Waals surface area contributed by atoms with Crippen LogP contribution in [0.4, 0.5) is 11.4 Å². The van der Waals surface area contributed by atoms with E-state index in [1.807, 2.05) is 51.1 Å². The highest BCUT2D eigenvalue weighted by Crippen LogP contribution is 2.30. The van der Waals surface area contributed by atoms with E-state index in [2.05, 4.69) is 10.3 Å². The summed E-state index contributed by atoms with van der Waals surface area (Å²) in [5.41, 5.74) is 3.00. The summed E-state index contributed by atoms with van der Waals surface area (Å²) in [5, 5.41) is 3.18. The summed E-state index contributed by atoms with van der Waals surface area (Å²) in [6.07, 6.45) is 3.76. The normalized spacial score (nSPS) is 13.3. The van der Waals surface area contributed by atoms with Crippen LogP contribution in [-0.2, 0) is 32.7 Å². The van der Waals surface area contributed by atoms with Gasteiger partial charge in [-0.25, -0.2) is 22.4 Å². The van der Waals surface area contributed by atoms with Crippen molar-refractivity contribution in [3.63, 3.8) is 0 Å². The molecule has 2 aromatic carbocycles. The Morgan fingerprint density at radius 3 is 2.31 bits per heavy atom. The van der Waals surface area contributed by atoms with E-state index in [4.69, 9.17) is 9.52 Å². The van der Waals surface area contributed by atoms with Crippen LogP contribution in [0, 0.1) is 10.7 Å². The highest BCUT2D eigenvalue weighted by atomic mass is 32.2. The largest absolute Gasteiger partial charge is 0.481 e. The van der Waals surface area contributed by atoms with E-state index in [1.165, 1.54) is 29.8 Å².